The second-order valence-corrected chi connectivity index (χ2v) is 15.9. The minimum Gasteiger partial charge on any atom is -0.466 e. The number of likely N-dealkylation sites (tertiary alicyclic amines) is 1. The van der Waals surface area contributed by atoms with Gasteiger partial charge in [0.2, 0.25) is 0 Å². The van der Waals surface area contributed by atoms with E-state index in [9.17, 15) is 62.3 Å². The highest BCUT2D eigenvalue weighted by Gasteiger charge is 2.26. The van der Waals surface area contributed by atoms with Crippen LogP contribution in [0.4, 0.5) is 0 Å². The molecule has 80 heavy (non-hydrogen) atoms. The number of amides is 4. The number of ether oxygens (including phenoxy) is 11. The van der Waals surface area contributed by atoms with Gasteiger partial charge in [-0.3, -0.25) is 24.0 Å². The average Bonchev–Trinajstić information content (AvgIpc) is 3.44. The van der Waals surface area contributed by atoms with Gasteiger partial charge in [-0.05, 0) is 67.7 Å². The van der Waals surface area contributed by atoms with Gasteiger partial charge in [0.15, 0.2) is 24.4 Å². The van der Waals surface area contributed by atoms with Gasteiger partial charge in [0.05, 0.1) is 48.3 Å². The molecule has 1 fully saturated rings. The Bertz CT molecular complexity index is 2100. The fourth-order valence-electron chi connectivity index (χ4n) is 5.82. The van der Waals surface area contributed by atoms with Crippen molar-refractivity contribution in [1.29, 1.82) is 0 Å². The van der Waals surface area contributed by atoms with Crippen LogP contribution in [0.2, 0.25) is 0 Å². The second kappa shape index (κ2) is 46.0. The number of esters is 9. The summed E-state index contributed by atoms with van der Waals surface area (Å²) in [5.74, 6) is -7.81. The first-order chi connectivity index (χ1) is 37.8. The predicted molar refractivity (Wildman–Crippen MR) is 280 cm³/mol. The van der Waals surface area contributed by atoms with Gasteiger partial charge in [-0.2, -0.15) is 0 Å². The number of hydrogen-bond donors (Lipinski definition) is 0. The summed E-state index contributed by atoms with van der Waals surface area (Å²) in [4.78, 5) is 154. The molecule has 0 aromatic rings. The fourth-order valence-corrected chi connectivity index (χ4v) is 5.82. The first-order valence-electron chi connectivity index (χ1n) is 24.9. The van der Waals surface area contributed by atoms with E-state index in [1.807, 2.05) is 13.8 Å². The van der Waals surface area contributed by atoms with Gasteiger partial charge >= 0.3 is 53.7 Å². The number of nitrogens with zero attached hydrogens (tertiary/aromatic N) is 4. The fraction of sp³-hybridized carbons (Fsp3) is 0.596. The third-order valence-electron chi connectivity index (χ3n) is 10.0. The highest BCUT2D eigenvalue weighted by Crippen LogP contribution is 2.11. The molecule has 1 saturated heterocycles. The zero-order valence-corrected chi connectivity index (χ0v) is 48.2. The van der Waals surface area contributed by atoms with Crippen LogP contribution in [0.5, 0.6) is 0 Å². The highest BCUT2D eigenvalue weighted by molar-refractivity contribution is 5.96. The SMILES string of the molecule is CCN(CC)C(=O)[C@@H](C)OC(=O)/C=C/C(=O)OC.CCOC(=O)CN(C)C(=O)C(C)OC(=O)/C=C/C(=O)OC.COC(=O)/C=C/C(=O)O[C@@H](C)C(=O)N1CCCCC1.COCCN(CCOC)C(=O)[C@H](C)OC(=O)/C=C/C(=O)OC. The zero-order chi connectivity index (χ0) is 61.8. The molecule has 0 aromatic heterocycles. The number of carbonyl (C=O) groups is 13. The Morgan fingerprint density at radius 3 is 1.06 bits per heavy atom. The van der Waals surface area contributed by atoms with Gasteiger partial charge in [-0.25, -0.2) is 38.4 Å². The summed E-state index contributed by atoms with van der Waals surface area (Å²) in [5.41, 5.74) is 0. The Balaban J connectivity index is -0.000000991. The van der Waals surface area contributed by atoms with Gasteiger partial charge in [-0.15, -0.1) is 0 Å². The smallest absolute Gasteiger partial charge is 0.331 e. The average molecular weight is 1150 g/mol. The molecule has 0 bridgehead atoms. The van der Waals surface area contributed by atoms with E-state index in [1.54, 1.807) is 16.7 Å². The van der Waals surface area contributed by atoms with E-state index in [-0.39, 0.29) is 30.9 Å². The summed E-state index contributed by atoms with van der Waals surface area (Å²) in [5, 5.41) is 0. The van der Waals surface area contributed by atoms with Crippen LogP contribution in [-0.2, 0) is 114 Å². The van der Waals surface area contributed by atoms with E-state index in [1.165, 1.54) is 75.2 Å². The van der Waals surface area contributed by atoms with Crippen molar-refractivity contribution >= 4 is 77.4 Å². The maximum absolute atomic E-state index is 12.2. The number of hydrogen-bond acceptors (Lipinski definition) is 24. The topological polar surface area (TPSA) is 336 Å². The summed E-state index contributed by atoms with van der Waals surface area (Å²) in [6.45, 7) is 15.1. The van der Waals surface area contributed by atoms with E-state index in [0.29, 0.717) is 52.5 Å². The lowest BCUT2D eigenvalue weighted by Gasteiger charge is -2.28. The first-order valence-corrected chi connectivity index (χ1v) is 24.9. The minimum absolute atomic E-state index is 0.195. The molecule has 0 aliphatic carbocycles. The number of methoxy groups -OCH3 is 6. The summed E-state index contributed by atoms with van der Waals surface area (Å²) in [6, 6.07) is 0. The Morgan fingerprint density at radius 2 is 0.750 bits per heavy atom. The standard InChI is InChI=1S/C14H23NO7.C13H19NO7.C13H19NO5.C12H19NO5/c1-11(22-13(17)6-5-12(16)21-4)14(18)15(7-9-19-2)8-10-20-3;1-5-20-12(17)8-14(3)13(18)9(2)21-11(16)7-6-10(15)19-4;1-10(13(17)14-8-4-3-5-9-14)19-12(16)7-6-11(15)18-2;1-5-13(6-2)12(16)9(3)18-11(15)8-7-10(14)17-4/h5-6,11H,7-10H2,1-4H3;6-7,9H,5,8H2,1-4H3;6-7,10H,3-5,8-9H2,1-2H3;7-9H,5-6H2,1-4H3/b6-5+;2*7-6+;8-7+/t11-;;10-;9-/m0.01/s1. The maximum Gasteiger partial charge on any atom is 0.331 e. The zero-order valence-electron chi connectivity index (χ0n) is 48.2. The molecule has 0 spiro atoms. The molecule has 28 heteroatoms. The van der Waals surface area contributed by atoms with Crippen molar-refractivity contribution in [3.63, 3.8) is 0 Å². The van der Waals surface area contributed by atoms with Crippen LogP contribution < -0.4 is 0 Å². The molecule has 1 unspecified atom stereocenters. The van der Waals surface area contributed by atoms with Crippen molar-refractivity contribution in [1.82, 2.24) is 19.6 Å². The van der Waals surface area contributed by atoms with Gasteiger partial charge in [0.1, 0.15) is 6.54 Å². The summed E-state index contributed by atoms with van der Waals surface area (Å²) in [6.07, 6.45) is 6.63. The molecule has 452 valence electrons. The number of likely N-dealkylation sites (N-methyl/N-ethyl adjacent to an activating group) is 2. The molecule has 0 N–H and O–H groups in total. The Hall–Kier alpha value is -8.01. The second-order valence-electron chi connectivity index (χ2n) is 15.9. The van der Waals surface area contributed by atoms with Gasteiger partial charge in [0.25, 0.3) is 23.6 Å². The monoisotopic (exact) mass is 1140 g/mol. The van der Waals surface area contributed by atoms with Crippen molar-refractivity contribution < 1.29 is 114 Å². The molecular formula is C52H80N4O24. The highest BCUT2D eigenvalue weighted by atomic mass is 16.6. The molecule has 4 atom stereocenters. The van der Waals surface area contributed by atoms with Crippen molar-refractivity contribution in [2.24, 2.45) is 0 Å². The molecule has 0 radical (unpaired) electrons. The van der Waals surface area contributed by atoms with Gasteiger partial charge in [0, 0.05) is 109 Å². The molecule has 0 aromatic carbocycles. The normalized spacial score (nSPS) is 13.1. The first kappa shape index (κ1) is 76.2. The van der Waals surface area contributed by atoms with Gasteiger partial charge in [-0.1, -0.05) is 0 Å². The van der Waals surface area contributed by atoms with E-state index < -0.39 is 84.0 Å². The summed E-state index contributed by atoms with van der Waals surface area (Å²) >= 11 is 0. The number of piperidine rings is 1. The third kappa shape index (κ3) is 36.9. The molecule has 0 saturated carbocycles. The van der Waals surface area contributed by atoms with Crippen LogP contribution in [-0.4, -0.2) is 237 Å². The van der Waals surface area contributed by atoms with Crippen molar-refractivity contribution in [3.8, 4) is 0 Å². The molecular weight excluding hydrogens is 1060 g/mol. The molecule has 28 nitrogen and oxygen atoms in total. The van der Waals surface area contributed by atoms with Crippen LogP contribution in [0.1, 0.15) is 67.7 Å². The van der Waals surface area contributed by atoms with Gasteiger partial charge < -0.3 is 71.7 Å². The van der Waals surface area contributed by atoms with E-state index >= 15 is 0 Å². The van der Waals surface area contributed by atoms with E-state index in [2.05, 4.69) is 18.9 Å². The van der Waals surface area contributed by atoms with Crippen molar-refractivity contribution in [3.05, 3.63) is 48.6 Å². The van der Waals surface area contributed by atoms with Crippen LogP contribution in [0.25, 0.3) is 0 Å². The minimum atomic E-state index is -1.10. The Kier molecular flexibility index (Phi) is 43.8. The Labute approximate surface area is 466 Å². The van der Waals surface area contributed by atoms with Crippen LogP contribution in [0.15, 0.2) is 48.6 Å². The molecule has 1 rings (SSSR count). The lowest BCUT2D eigenvalue weighted by atomic mass is 10.1. The van der Waals surface area contributed by atoms with E-state index in [4.69, 9.17) is 33.2 Å². The molecule has 1 heterocycles. The Morgan fingerprint density at radius 1 is 0.438 bits per heavy atom. The summed E-state index contributed by atoms with van der Waals surface area (Å²) < 4.78 is 51.4. The van der Waals surface area contributed by atoms with Crippen LogP contribution in [0.3, 0.4) is 0 Å². The maximum atomic E-state index is 12.2. The van der Waals surface area contributed by atoms with E-state index in [0.717, 1.165) is 79.9 Å². The number of rotatable bonds is 27. The molecule has 1 aliphatic rings. The summed E-state index contributed by atoms with van der Waals surface area (Å²) in [7, 11) is 9.20. The van der Waals surface area contributed by atoms with Crippen molar-refractivity contribution in [2.75, 3.05) is 115 Å². The lowest BCUT2D eigenvalue weighted by molar-refractivity contribution is -0.157. The molecule has 4 amide bonds. The quantitative estimate of drug-likeness (QED) is 0.0618. The lowest BCUT2D eigenvalue weighted by Crippen LogP contribution is -2.43. The largest absolute Gasteiger partial charge is 0.466 e. The molecule has 1 aliphatic heterocycles. The van der Waals surface area contributed by atoms with Crippen molar-refractivity contribution in [2.45, 2.75) is 92.1 Å². The van der Waals surface area contributed by atoms with Crippen LogP contribution >= 0.6 is 0 Å². The predicted octanol–water partition coefficient (Wildman–Crippen LogP) is 0.613. The third-order valence-corrected chi connectivity index (χ3v) is 10.0. The number of carbonyl (C=O) groups excluding carboxylic acids is 13. The van der Waals surface area contributed by atoms with Crippen LogP contribution in [0, 0.1) is 0 Å².